The fraction of sp³-hybridized carbons (Fsp3) is 0.455. The summed E-state index contributed by atoms with van der Waals surface area (Å²) in [7, 11) is 0. The molecule has 1 aromatic carbocycles. The van der Waals surface area contributed by atoms with Crippen LogP contribution in [0.25, 0.3) is 0 Å². The van der Waals surface area contributed by atoms with Crippen molar-refractivity contribution < 1.29 is 4.74 Å². The Bertz CT molecular complexity index is 372. The normalized spacial score (nSPS) is 18.6. The second-order valence-electron chi connectivity index (χ2n) is 4.24. The minimum absolute atomic E-state index is 0.121. The first kappa shape index (κ1) is 10.1. The van der Waals surface area contributed by atoms with Crippen molar-refractivity contribution in [3.05, 3.63) is 27.7 Å². The lowest BCUT2D eigenvalue weighted by molar-refractivity contribution is 0.0848. The molecule has 0 aromatic heterocycles. The first-order valence-electron chi connectivity index (χ1n) is 4.65. The van der Waals surface area contributed by atoms with Crippen molar-refractivity contribution >= 4 is 23.2 Å². The molecule has 0 aliphatic carbocycles. The van der Waals surface area contributed by atoms with Crippen molar-refractivity contribution in [3.8, 4) is 5.75 Å². The predicted octanol–water partition coefficient (Wildman–Crippen LogP) is 4.10. The van der Waals surface area contributed by atoms with Crippen LogP contribution in [-0.4, -0.2) is 5.60 Å². The third kappa shape index (κ3) is 1.84. The van der Waals surface area contributed by atoms with E-state index in [1.807, 2.05) is 6.07 Å². The Labute approximate surface area is 94.0 Å². The van der Waals surface area contributed by atoms with E-state index in [9.17, 15) is 0 Å². The van der Waals surface area contributed by atoms with Crippen molar-refractivity contribution in [3.63, 3.8) is 0 Å². The Morgan fingerprint density at radius 1 is 1.29 bits per heavy atom. The van der Waals surface area contributed by atoms with Gasteiger partial charge in [0.25, 0.3) is 0 Å². The first-order chi connectivity index (χ1) is 6.48. The quantitative estimate of drug-likeness (QED) is 0.653. The standard InChI is InChI=1S/C11H12Cl2O/c1-11(2)4-3-7-5-8(12)6-9(13)10(7)14-11/h5-6H,3-4H2,1-2H3. The van der Waals surface area contributed by atoms with E-state index in [-0.39, 0.29) is 5.60 Å². The number of rotatable bonds is 0. The van der Waals surface area contributed by atoms with Crippen LogP contribution >= 0.6 is 23.2 Å². The molecule has 1 aromatic rings. The molecule has 0 saturated carbocycles. The lowest BCUT2D eigenvalue weighted by Gasteiger charge is -2.33. The maximum Gasteiger partial charge on any atom is 0.141 e. The van der Waals surface area contributed by atoms with Crippen LogP contribution in [0.5, 0.6) is 5.75 Å². The zero-order chi connectivity index (χ0) is 10.3. The Morgan fingerprint density at radius 3 is 2.71 bits per heavy atom. The summed E-state index contributed by atoms with van der Waals surface area (Å²) in [6, 6.07) is 3.65. The highest BCUT2D eigenvalue weighted by molar-refractivity contribution is 6.35. The Hall–Kier alpha value is -0.400. The number of benzene rings is 1. The van der Waals surface area contributed by atoms with Gasteiger partial charge in [0.15, 0.2) is 0 Å². The second-order valence-corrected chi connectivity index (χ2v) is 5.08. The lowest BCUT2D eigenvalue weighted by atomic mass is 9.94. The van der Waals surface area contributed by atoms with Crippen molar-refractivity contribution in [2.45, 2.75) is 32.3 Å². The molecule has 0 radical (unpaired) electrons. The molecule has 0 bridgehead atoms. The van der Waals surface area contributed by atoms with E-state index < -0.39 is 0 Å². The zero-order valence-corrected chi connectivity index (χ0v) is 9.74. The van der Waals surface area contributed by atoms with Gasteiger partial charge >= 0.3 is 0 Å². The molecule has 14 heavy (non-hydrogen) atoms. The third-order valence-corrected chi connectivity index (χ3v) is 2.96. The van der Waals surface area contributed by atoms with E-state index in [1.54, 1.807) is 6.07 Å². The molecule has 1 aliphatic heterocycles. The van der Waals surface area contributed by atoms with Gasteiger partial charge in [-0.15, -0.1) is 0 Å². The summed E-state index contributed by atoms with van der Waals surface area (Å²) < 4.78 is 5.81. The number of fused-ring (bicyclic) bond motifs is 1. The fourth-order valence-electron chi connectivity index (χ4n) is 1.68. The first-order valence-corrected chi connectivity index (χ1v) is 5.40. The van der Waals surface area contributed by atoms with Gasteiger partial charge < -0.3 is 4.74 Å². The largest absolute Gasteiger partial charge is 0.486 e. The number of aryl methyl sites for hydroxylation is 1. The molecule has 0 atom stereocenters. The predicted molar refractivity (Wildman–Crippen MR) is 59.5 cm³/mol. The summed E-state index contributed by atoms with van der Waals surface area (Å²) in [5, 5.41) is 1.29. The van der Waals surface area contributed by atoms with E-state index in [4.69, 9.17) is 27.9 Å². The maximum absolute atomic E-state index is 6.07. The monoisotopic (exact) mass is 230 g/mol. The molecule has 3 heteroatoms. The summed E-state index contributed by atoms with van der Waals surface area (Å²) in [4.78, 5) is 0. The molecular formula is C11H12Cl2O. The molecule has 1 heterocycles. The molecule has 0 amide bonds. The molecule has 1 nitrogen and oxygen atoms in total. The molecule has 0 unspecified atom stereocenters. The van der Waals surface area contributed by atoms with E-state index >= 15 is 0 Å². The van der Waals surface area contributed by atoms with Crippen molar-refractivity contribution in [1.29, 1.82) is 0 Å². The summed E-state index contributed by atoms with van der Waals surface area (Å²) in [5.74, 6) is 0.798. The maximum atomic E-state index is 6.07. The van der Waals surface area contributed by atoms with Crippen molar-refractivity contribution in [2.75, 3.05) is 0 Å². The minimum Gasteiger partial charge on any atom is -0.486 e. The van der Waals surface area contributed by atoms with E-state index in [2.05, 4.69) is 13.8 Å². The van der Waals surface area contributed by atoms with Gasteiger partial charge in [-0.2, -0.15) is 0 Å². The molecule has 0 fully saturated rings. The van der Waals surface area contributed by atoms with E-state index in [1.165, 1.54) is 0 Å². The average molecular weight is 231 g/mol. The highest BCUT2D eigenvalue weighted by Crippen LogP contribution is 2.40. The van der Waals surface area contributed by atoms with Gasteiger partial charge in [-0.1, -0.05) is 23.2 Å². The van der Waals surface area contributed by atoms with Gasteiger partial charge in [-0.3, -0.25) is 0 Å². The molecule has 1 aliphatic rings. The van der Waals surface area contributed by atoms with Crippen molar-refractivity contribution in [1.82, 2.24) is 0 Å². The molecule has 0 N–H and O–H groups in total. The van der Waals surface area contributed by atoms with Crippen LogP contribution in [0.2, 0.25) is 10.0 Å². The van der Waals surface area contributed by atoms with Crippen LogP contribution in [-0.2, 0) is 6.42 Å². The van der Waals surface area contributed by atoms with Crippen LogP contribution in [0.1, 0.15) is 25.8 Å². The van der Waals surface area contributed by atoms with Crippen LogP contribution in [0.4, 0.5) is 0 Å². The smallest absolute Gasteiger partial charge is 0.141 e. The molecule has 0 saturated heterocycles. The average Bonchev–Trinajstić information content (AvgIpc) is 2.06. The highest BCUT2D eigenvalue weighted by atomic mass is 35.5. The topological polar surface area (TPSA) is 9.23 Å². The lowest BCUT2D eigenvalue weighted by Crippen LogP contribution is -2.32. The molecule has 76 valence electrons. The minimum atomic E-state index is -0.121. The SMILES string of the molecule is CC1(C)CCc2cc(Cl)cc(Cl)c2O1. The van der Waals surface area contributed by atoms with Crippen LogP contribution in [0, 0.1) is 0 Å². The second kappa shape index (κ2) is 3.32. The Morgan fingerprint density at radius 2 is 2.00 bits per heavy atom. The fourth-order valence-corrected chi connectivity index (χ4v) is 2.25. The van der Waals surface area contributed by atoms with Gasteiger partial charge in [-0.05, 0) is 44.4 Å². The van der Waals surface area contributed by atoms with Crippen LogP contribution in [0.15, 0.2) is 12.1 Å². The van der Waals surface area contributed by atoms with Crippen LogP contribution in [0.3, 0.4) is 0 Å². The molecular weight excluding hydrogens is 219 g/mol. The van der Waals surface area contributed by atoms with Crippen molar-refractivity contribution in [2.24, 2.45) is 0 Å². The molecule has 2 rings (SSSR count). The molecule has 0 spiro atoms. The summed E-state index contributed by atoms with van der Waals surface area (Å²) in [6.07, 6.45) is 1.97. The van der Waals surface area contributed by atoms with Gasteiger partial charge in [0.05, 0.1) is 5.02 Å². The van der Waals surface area contributed by atoms with Gasteiger partial charge in [0.2, 0.25) is 0 Å². The number of ether oxygens (including phenoxy) is 1. The Balaban J connectivity index is 2.47. The third-order valence-electron chi connectivity index (χ3n) is 2.46. The highest BCUT2D eigenvalue weighted by Gasteiger charge is 2.28. The Kier molecular flexibility index (Phi) is 2.40. The van der Waals surface area contributed by atoms with Gasteiger partial charge in [-0.25, -0.2) is 0 Å². The van der Waals surface area contributed by atoms with E-state index in [0.717, 1.165) is 24.2 Å². The number of hydrogen-bond acceptors (Lipinski definition) is 1. The van der Waals surface area contributed by atoms with Gasteiger partial charge in [0, 0.05) is 5.02 Å². The summed E-state index contributed by atoms with van der Waals surface area (Å²) in [5.41, 5.74) is 0.992. The van der Waals surface area contributed by atoms with Gasteiger partial charge in [0.1, 0.15) is 11.4 Å². The van der Waals surface area contributed by atoms with Crippen LogP contribution < -0.4 is 4.74 Å². The number of hydrogen-bond donors (Lipinski definition) is 0. The number of halogens is 2. The van der Waals surface area contributed by atoms with E-state index in [0.29, 0.717) is 10.0 Å². The summed E-state index contributed by atoms with van der Waals surface area (Å²) >= 11 is 12.0. The summed E-state index contributed by atoms with van der Waals surface area (Å²) in [6.45, 7) is 4.14. The zero-order valence-electron chi connectivity index (χ0n) is 8.23.